The van der Waals surface area contributed by atoms with Crippen molar-refractivity contribution in [3.05, 3.63) is 131 Å². The van der Waals surface area contributed by atoms with E-state index in [-0.39, 0.29) is 23.8 Å². The van der Waals surface area contributed by atoms with E-state index in [2.05, 4.69) is 5.32 Å². The van der Waals surface area contributed by atoms with E-state index in [1.165, 1.54) is 17.0 Å². The molecule has 1 unspecified atom stereocenters. The maximum Gasteiger partial charge on any atom is 0.264 e. The molecule has 0 saturated carbocycles. The quantitative estimate of drug-likeness (QED) is 0.224. The number of nitrogens with one attached hydrogen (secondary N) is 1. The summed E-state index contributed by atoms with van der Waals surface area (Å²) in [6.45, 7) is 9.11. The highest BCUT2D eigenvalue weighted by Crippen LogP contribution is 2.27. The third-order valence-corrected chi connectivity index (χ3v) is 9.01. The zero-order valence-corrected chi connectivity index (χ0v) is 26.8. The second kappa shape index (κ2) is 13.9. The SMILES string of the molecule is Cc1ccc(CN(C(=O)CN(c2ccccc2C)S(=O)(=O)c2ccccc2)C(Cc2ccccc2)C(=O)NC(C)(C)C)cc1. The summed E-state index contributed by atoms with van der Waals surface area (Å²) in [5.74, 6) is -0.798. The molecular weight excluding hydrogens is 570 g/mol. The van der Waals surface area contributed by atoms with Crippen LogP contribution in [0.1, 0.15) is 43.0 Å². The van der Waals surface area contributed by atoms with Gasteiger partial charge in [0.05, 0.1) is 10.6 Å². The summed E-state index contributed by atoms with van der Waals surface area (Å²) in [6.07, 6.45) is 0.260. The fourth-order valence-corrected chi connectivity index (χ4v) is 6.47. The van der Waals surface area contributed by atoms with E-state index in [4.69, 9.17) is 0 Å². The average molecular weight is 612 g/mol. The summed E-state index contributed by atoms with van der Waals surface area (Å²) < 4.78 is 29.4. The molecule has 0 heterocycles. The van der Waals surface area contributed by atoms with Crippen LogP contribution in [0.25, 0.3) is 0 Å². The Labute approximate surface area is 261 Å². The molecule has 230 valence electrons. The van der Waals surface area contributed by atoms with Crippen LogP contribution >= 0.6 is 0 Å². The predicted molar refractivity (Wildman–Crippen MR) is 176 cm³/mol. The standard InChI is InChI=1S/C36H41N3O4S/c1-27-20-22-30(23-21-27)25-38(33(35(41)37-36(3,4)5)24-29-15-8-6-9-16-29)34(40)26-39(32-19-13-12-14-28(32)2)44(42,43)31-17-10-7-11-18-31/h6-23,33H,24-26H2,1-5H3,(H,37,41). The lowest BCUT2D eigenvalue weighted by Crippen LogP contribution is -2.56. The predicted octanol–water partition coefficient (Wildman–Crippen LogP) is 6.05. The lowest BCUT2D eigenvalue weighted by Gasteiger charge is -2.35. The number of benzene rings is 4. The van der Waals surface area contributed by atoms with Gasteiger partial charge in [0.1, 0.15) is 12.6 Å². The first-order valence-electron chi connectivity index (χ1n) is 14.7. The molecule has 0 aliphatic carbocycles. The highest BCUT2D eigenvalue weighted by Gasteiger charge is 2.35. The van der Waals surface area contributed by atoms with E-state index in [0.29, 0.717) is 11.3 Å². The number of rotatable bonds is 11. The molecule has 8 heteroatoms. The first-order valence-corrected chi connectivity index (χ1v) is 16.1. The molecule has 0 aromatic heterocycles. The topological polar surface area (TPSA) is 86.8 Å². The van der Waals surface area contributed by atoms with Gasteiger partial charge in [0.2, 0.25) is 11.8 Å². The number of carbonyl (C=O) groups excluding carboxylic acids is 2. The van der Waals surface area contributed by atoms with E-state index < -0.39 is 34.1 Å². The number of sulfonamides is 1. The van der Waals surface area contributed by atoms with Gasteiger partial charge >= 0.3 is 0 Å². The molecule has 0 aliphatic rings. The molecule has 0 radical (unpaired) electrons. The van der Waals surface area contributed by atoms with Crippen LogP contribution in [0.3, 0.4) is 0 Å². The van der Waals surface area contributed by atoms with Crippen LogP contribution in [-0.4, -0.2) is 43.3 Å². The molecule has 4 aromatic rings. The lowest BCUT2D eigenvalue weighted by atomic mass is 10.0. The summed E-state index contributed by atoms with van der Waals surface area (Å²) in [5.41, 5.74) is 3.34. The lowest BCUT2D eigenvalue weighted by molar-refractivity contribution is -0.140. The molecule has 0 aliphatic heterocycles. The van der Waals surface area contributed by atoms with E-state index >= 15 is 0 Å². The Bertz CT molecular complexity index is 1670. The summed E-state index contributed by atoms with van der Waals surface area (Å²) in [5, 5.41) is 3.06. The molecule has 4 rings (SSSR count). The van der Waals surface area contributed by atoms with Gasteiger partial charge in [0, 0.05) is 18.5 Å². The number of anilines is 1. The van der Waals surface area contributed by atoms with Crippen LogP contribution < -0.4 is 9.62 Å². The normalized spacial score (nSPS) is 12.3. The van der Waals surface area contributed by atoms with E-state index in [1.807, 2.05) is 101 Å². The van der Waals surface area contributed by atoms with Crippen LogP contribution in [0.5, 0.6) is 0 Å². The smallest absolute Gasteiger partial charge is 0.264 e. The summed E-state index contributed by atoms with van der Waals surface area (Å²) in [4.78, 5) is 30.1. The van der Waals surface area contributed by atoms with Crippen molar-refractivity contribution < 1.29 is 18.0 Å². The maximum atomic E-state index is 14.5. The third kappa shape index (κ3) is 8.35. The Morgan fingerprint density at radius 1 is 0.750 bits per heavy atom. The van der Waals surface area contributed by atoms with E-state index in [0.717, 1.165) is 21.0 Å². The first-order chi connectivity index (χ1) is 20.8. The van der Waals surface area contributed by atoms with Crippen LogP contribution in [0.2, 0.25) is 0 Å². The average Bonchev–Trinajstić information content (AvgIpc) is 2.99. The molecule has 44 heavy (non-hydrogen) atoms. The second-order valence-electron chi connectivity index (χ2n) is 12.1. The van der Waals surface area contributed by atoms with Crippen molar-refractivity contribution in [2.24, 2.45) is 0 Å². The fourth-order valence-electron chi connectivity index (χ4n) is 4.97. The number of aryl methyl sites for hydroxylation is 2. The van der Waals surface area contributed by atoms with Gasteiger partial charge in [0.25, 0.3) is 10.0 Å². The van der Waals surface area contributed by atoms with Crippen LogP contribution in [0.4, 0.5) is 5.69 Å². The number of hydrogen-bond donors (Lipinski definition) is 1. The van der Waals surface area contributed by atoms with Crippen molar-refractivity contribution in [3.63, 3.8) is 0 Å². The van der Waals surface area contributed by atoms with Gasteiger partial charge in [0.15, 0.2) is 0 Å². The highest BCUT2D eigenvalue weighted by molar-refractivity contribution is 7.92. The molecule has 0 fully saturated rings. The second-order valence-corrected chi connectivity index (χ2v) is 13.9. The third-order valence-electron chi connectivity index (χ3n) is 7.24. The minimum atomic E-state index is -4.13. The van der Waals surface area contributed by atoms with E-state index in [1.54, 1.807) is 30.3 Å². The van der Waals surface area contributed by atoms with Crippen molar-refractivity contribution in [2.45, 2.75) is 64.1 Å². The molecule has 0 bridgehead atoms. The summed E-state index contributed by atoms with van der Waals surface area (Å²) in [6, 6.07) is 31.6. The number of hydrogen-bond acceptors (Lipinski definition) is 4. The first kappa shape index (κ1) is 32.5. The van der Waals surface area contributed by atoms with Crippen molar-refractivity contribution in [3.8, 4) is 0 Å². The Balaban J connectivity index is 1.82. The van der Waals surface area contributed by atoms with Gasteiger partial charge < -0.3 is 10.2 Å². The molecule has 4 aromatic carbocycles. The molecule has 2 amide bonds. The largest absolute Gasteiger partial charge is 0.350 e. The number of nitrogens with zero attached hydrogens (tertiary/aromatic N) is 2. The number of carbonyl (C=O) groups is 2. The Morgan fingerprint density at radius 3 is 1.91 bits per heavy atom. The zero-order chi connectivity index (χ0) is 31.9. The molecule has 7 nitrogen and oxygen atoms in total. The van der Waals surface area contributed by atoms with Crippen LogP contribution in [0.15, 0.2) is 114 Å². The van der Waals surface area contributed by atoms with Gasteiger partial charge in [-0.15, -0.1) is 0 Å². The fraction of sp³-hybridized carbons (Fsp3) is 0.278. The van der Waals surface area contributed by atoms with Gasteiger partial charge in [-0.3, -0.25) is 13.9 Å². The molecule has 1 N–H and O–H groups in total. The minimum Gasteiger partial charge on any atom is -0.350 e. The van der Waals surface area contributed by atoms with Crippen molar-refractivity contribution >= 4 is 27.5 Å². The van der Waals surface area contributed by atoms with Crippen LogP contribution in [0, 0.1) is 13.8 Å². The highest BCUT2D eigenvalue weighted by atomic mass is 32.2. The molecule has 0 spiro atoms. The van der Waals surface area contributed by atoms with Crippen LogP contribution in [-0.2, 0) is 32.6 Å². The number of para-hydroxylation sites is 1. The maximum absolute atomic E-state index is 14.5. The van der Waals surface area contributed by atoms with Gasteiger partial charge in [-0.1, -0.05) is 96.6 Å². The van der Waals surface area contributed by atoms with Gasteiger partial charge in [-0.2, -0.15) is 0 Å². The monoisotopic (exact) mass is 611 g/mol. The van der Waals surface area contributed by atoms with E-state index in [9.17, 15) is 18.0 Å². The summed E-state index contributed by atoms with van der Waals surface area (Å²) in [7, 11) is -4.13. The molecular formula is C36H41N3O4S. The Hall–Kier alpha value is -4.43. The van der Waals surface area contributed by atoms with Crippen molar-refractivity contribution in [1.29, 1.82) is 0 Å². The van der Waals surface area contributed by atoms with Crippen molar-refractivity contribution in [2.75, 3.05) is 10.8 Å². The van der Waals surface area contributed by atoms with Gasteiger partial charge in [-0.25, -0.2) is 8.42 Å². The molecule has 1 atom stereocenters. The Kier molecular flexibility index (Phi) is 10.3. The molecule has 0 saturated heterocycles. The van der Waals surface area contributed by atoms with Gasteiger partial charge in [-0.05, 0) is 69.5 Å². The van der Waals surface area contributed by atoms with Crippen molar-refractivity contribution in [1.82, 2.24) is 10.2 Å². The number of amides is 2. The minimum absolute atomic E-state index is 0.0763. The zero-order valence-electron chi connectivity index (χ0n) is 26.0. The Morgan fingerprint density at radius 2 is 1.32 bits per heavy atom. The summed E-state index contributed by atoms with van der Waals surface area (Å²) >= 11 is 0.